The van der Waals surface area contributed by atoms with Crippen molar-refractivity contribution in [1.29, 1.82) is 0 Å². The number of aliphatic hydroxyl groups is 1. The van der Waals surface area contributed by atoms with Crippen molar-refractivity contribution in [2.45, 2.75) is 23.6 Å². The van der Waals surface area contributed by atoms with Gasteiger partial charge in [0.15, 0.2) is 12.2 Å². The van der Waals surface area contributed by atoms with Crippen LogP contribution in [0.2, 0.25) is 0 Å². The van der Waals surface area contributed by atoms with Crippen LogP contribution in [0.25, 0.3) is 0 Å². The minimum Gasteiger partial charge on any atom is -0.477 e. The third kappa shape index (κ3) is 6.30. The maximum absolute atomic E-state index is 12.9. The fourth-order valence-corrected chi connectivity index (χ4v) is 5.61. The van der Waals surface area contributed by atoms with E-state index in [-0.39, 0.29) is 17.6 Å². The van der Waals surface area contributed by atoms with Crippen LogP contribution in [-0.2, 0) is 28.7 Å². The van der Waals surface area contributed by atoms with Crippen LogP contribution < -0.4 is 5.32 Å². The van der Waals surface area contributed by atoms with Crippen molar-refractivity contribution < 1.29 is 38.9 Å². The number of aliphatic hydroxyl groups excluding tert-OH is 1. The molecule has 12 nitrogen and oxygen atoms in total. The molecule has 2 saturated heterocycles. The molecule has 3 heterocycles. The van der Waals surface area contributed by atoms with E-state index in [4.69, 9.17) is 14.3 Å². The molecule has 2 amide bonds. The molecule has 0 radical (unpaired) electrons. The molecule has 13 heteroatoms. The Labute approximate surface area is 218 Å². The van der Waals surface area contributed by atoms with Gasteiger partial charge in [-0.15, -0.1) is 11.8 Å². The Hall–Kier alpha value is -2.97. The second-order valence-corrected chi connectivity index (χ2v) is 9.82. The summed E-state index contributed by atoms with van der Waals surface area (Å²) in [6.45, 7) is 3.72. The van der Waals surface area contributed by atoms with Crippen LogP contribution in [0.5, 0.6) is 0 Å². The second-order valence-electron chi connectivity index (χ2n) is 8.72. The number of fused-ring (bicyclic) bond motifs is 1. The smallest absolute Gasteiger partial charge is 0.353 e. The Bertz CT molecular complexity index is 1050. The highest BCUT2D eigenvalue weighted by molar-refractivity contribution is 8.00. The molecule has 1 aromatic carbocycles. The highest BCUT2D eigenvalue weighted by atomic mass is 32.2. The van der Waals surface area contributed by atoms with Crippen molar-refractivity contribution in [1.82, 2.24) is 15.1 Å². The summed E-state index contributed by atoms with van der Waals surface area (Å²) in [4.78, 5) is 46.3. The number of carbonyl (C=O) groups excluding carboxylic acids is 2. The predicted molar refractivity (Wildman–Crippen MR) is 134 cm³/mol. The summed E-state index contributed by atoms with van der Waals surface area (Å²) in [5.41, 5.74) is 0.510. The number of oxime groups is 1. The Morgan fingerprint density at radius 3 is 2.70 bits per heavy atom. The number of β-lactam (4-membered cyclic amide) rings is 1. The van der Waals surface area contributed by atoms with Gasteiger partial charge < -0.3 is 29.8 Å². The SMILES string of the molecule is COCC(CN1CCOCC1)ON=CC1=C(C(=O)O)N2C(=O)[C@@H](NC(=O)C(O)c3ccccc3)[C@@H]2SC1. The number of aliphatic carboxylic acids is 1. The number of benzene rings is 1. The minimum absolute atomic E-state index is 0.202. The van der Waals surface area contributed by atoms with Crippen LogP contribution in [0.3, 0.4) is 0 Å². The molecule has 200 valence electrons. The largest absolute Gasteiger partial charge is 0.477 e. The average Bonchev–Trinajstić information content (AvgIpc) is 2.91. The second kappa shape index (κ2) is 12.5. The summed E-state index contributed by atoms with van der Waals surface area (Å²) in [6.07, 6.45) is -0.491. The van der Waals surface area contributed by atoms with Gasteiger partial charge in [0.05, 0.1) is 26.0 Å². The third-order valence-electron chi connectivity index (χ3n) is 6.20. The topological polar surface area (TPSA) is 150 Å². The number of carboxylic acid groups (broad SMARTS) is 1. The summed E-state index contributed by atoms with van der Waals surface area (Å²) < 4.78 is 10.6. The van der Waals surface area contributed by atoms with E-state index in [1.54, 1.807) is 37.4 Å². The van der Waals surface area contributed by atoms with E-state index < -0.39 is 35.3 Å². The van der Waals surface area contributed by atoms with E-state index in [9.17, 15) is 24.6 Å². The summed E-state index contributed by atoms with van der Waals surface area (Å²) in [5, 5.41) is 26.1. The molecule has 2 fully saturated rings. The first-order chi connectivity index (χ1) is 17.9. The van der Waals surface area contributed by atoms with Gasteiger partial charge in [-0.05, 0) is 5.56 Å². The lowest BCUT2D eigenvalue weighted by atomic mass is 10.0. The fraction of sp³-hybridized carbons (Fsp3) is 0.500. The predicted octanol–water partition coefficient (Wildman–Crippen LogP) is -0.192. The van der Waals surface area contributed by atoms with Crippen molar-refractivity contribution in [3.05, 3.63) is 47.2 Å². The normalized spacial score (nSPS) is 23.8. The van der Waals surface area contributed by atoms with Gasteiger partial charge in [-0.2, -0.15) is 0 Å². The quantitative estimate of drug-likeness (QED) is 0.198. The number of nitrogens with zero attached hydrogens (tertiary/aromatic N) is 3. The number of carbonyl (C=O) groups is 3. The minimum atomic E-state index is -1.44. The first kappa shape index (κ1) is 27.1. The molecule has 0 aromatic heterocycles. The Morgan fingerprint density at radius 1 is 1.30 bits per heavy atom. The molecule has 0 spiro atoms. The molecule has 0 bridgehead atoms. The summed E-state index contributed by atoms with van der Waals surface area (Å²) in [5.74, 6) is -2.33. The lowest BCUT2D eigenvalue weighted by molar-refractivity contribution is -0.151. The van der Waals surface area contributed by atoms with Crippen molar-refractivity contribution >= 4 is 35.8 Å². The molecular weight excluding hydrogens is 504 g/mol. The number of hydrogen-bond acceptors (Lipinski definition) is 10. The lowest BCUT2D eigenvalue weighted by Gasteiger charge is -2.49. The molecule has 4 rings (SSSR count). The van der Waals surface area contributed by atoms with E-state index in [2.05, 4.69) is 15.4 Å². The number of methoxy groups -OCH3 is 1. The zero-order valence-electron chi connectivity index (χ0n) is 20.3. The van der Waals surface area contributed by atoms with E-state index in [1.165, 1.54) is 18.0 Å². The van der Waals surface area contributed by atoms with Gasteiger partial charge in [-0.3, -0.25) is 19.4 Å². The number of thioether (sulfide) groups is 1. The van der Waals surface area contributed by atoms with Crippen LogP contribution in [0.1, 0.15) is 11.7 Å². The van der Waals surface area contributed by atoms with Gasteiger partial charge in [0, 0.05) is 38.1 Å². The standard InChI is InChI=1S/C24H30N4O8S/c1-34-13-17(12-27-7-9-35-10-8-27)36-25-11-16-14-37-23-18(22(31)28(23)19(16)24(32)33)26-21(30)20(29)15-5-3-2-4-6-15/h2-6,11,17-18,20,23,29H,7-10,12-14H2,1H3,(H,26,30)(H,32,33)/t17?,18-,20?,23+/m1/s1. The zero-order chi connectivity index (χ0) is 26.4. The summed E-state index contributed by atoms with van der Waals surface area (Å²) in [7, 11) is 1.56. The summed E-state index contributed by atoms with van der Waals surface area (Å²) >= 11 is 1.30. The van der Waals surface area contributed by atoms with Gasteiger partial charge in [-0.25, -0.2) is 4.79 Å². The van der Waals surface area contributed by atoms with E-state index in [0.717, 1.165) is 18.0 Å². The van der Waals surface area contributed by atoms with Gasteiger partial charge in [0.25, 0.3) is 11.8 Å². The maximum atomic E-state index is 12.9. The molecule has 1 aromatic rings. The van der Waals surface area contributed by atoms with Gasteiger partial charge in [0.1, 0.15) is 17.1 Å². The molecule has 0 saturated carbocycles. The van der Waals surface area contributed by atoms with Gasteiger partial charge in [0.2, 0.25) is 0 Å². The molecule has 0 aliphatic carbocycles. The average molecular weight is 535 g/mol. The number of hydrogen-bond donors (Lipinski definition) is 3. The van der Waals surface area contributed by atoms with Crippen molar-refractivity contribution in [3.8, 4) is 0 Å². The zero-order valence-corrected chi connectivity index (χ0v) is 21.1. The number of carboxylic acids is 1. The summed E-state index contributed by atoms with van der Waals surface area (Å²) in [6, 6.07) is 7.40. The van der Waals surface area contributed by atoms with Crippen molar-refractivity contribution in [2.75, 3.05) is 52.3 Å². The fourth-order valence-electron chi connectivity index (χ4n) is 4.32. The molecule has 3 N–H and O–H groups in total. The van der Waals surface area contributed by atoms with Crippen molar-refractivity contribution in [3.63, 3.8) is 0 Å². The molecule has 3 aliphatic heterocycles. The van der Waals surface area contributed by atoms with Gasteiger partial charge >= 0.3 is 5.97 Å². The number of morpholine rings is 1. The van der Waals surface area contributed by atoms with E-state index in [1.807, 2.05) is 0 Å². The van der Waals surface area contributed by atoms with Crippen molar-refractivity contribution in [2.24, 2.45) is 5.16 Å². The molecular formula is C24H30N4O8S. The maximum Gasteiger partial charge on any atom is 0.353 e. The van der Waals surface area contributed by atoms with E-state index >= 15 is 0 Å². The van der Waals surface area contributed by atoms with Crippen LogP contribution in [0.4, 0.5) is 0 Å². The first-order valence-electron chi connectivity index (χ1n) is 11.8. The Balaban J connectivity index is 1.40. The highest BCUT2D eigenvalue weighted by Crippen LogP contribution is 2.40. The van der Waals surface area contributed by atoms with E-state index in [0.29, 0.717) is 37.5 Å². The third-order valence-corrected chi connectivity index (χ3v) is 7.50. The van der Waals surface area contributed by atoms with Crippen LogP contribution in [0.15, 0.2) is 46.8 Å². The molecule has 4 atom stereocenters. The lowest BCUT2D eigenvalue weighted by Crippen LogP contribution is -2.70. The molecule has 3 aliphatic rings. The molecule has 2 unspecified atom stereocenters. The molecule has 37 heavy (non-hydrogen) atoms. The Morgan fingerprint density at radius 2 is 2.03 bits per heavy atom. The number of rotatable bonds is 11. The van der Waals surface area contributed by atoms with Gasteiger partial charge in [-0.1, -0.05) is 35.5 Å². The highest BCUT2D eigenvalue weighted by Gasteiger charge is 2.54. The van der Waals surface area contributed by atoms with Crippen LogP contribution >= 0.6 is 11.8 Å². The Kier molecular flexibility index (Phi) is 9.16. The first-order valence-corrected chi connectivity index (χ1v) is 12.9. The number of nitrogens with one attached hydrogen (secondary N) is 1. The number of ether oxygens (including phenoxy) is 2. The number of amides is 2. The monoisotopic (exact) mass is 534 g/mol. The van der Waals surface area contributed by atoms with Crippen LogP contribution in [-0.4, -0.2) is 114 Å². The van der Waals surface area contributed by atoms with Crippen LogP contribution in [0, 0.1) is 0 Å².